The molecule has 0 saturated heterocycles. The van der Waals surface area contributed by atoms with Gasteiger partial charge in [-0.05, 0) is 24.6 Å². The number of aromatic nitrogens is 2. The zero-order valence-electron chi connectivity index (χ0n) is 8.84. The van der Waals surface area contributed by atoms with Gasteiger partial charge >= 0.3 is 0 Å². The first-order valence-corrected chi connectivity index (χ1v) is 6.33. The lowest BCUT2D eigenvalue weighted by Crippen LogP contribution is -1.95. The maximum Gasteiger partial charge on any atom is 0.175 e. The first-order chi connectivity index (χ1) is 8.06. The minimum Gasteiger partial charge on any atom is -0.353 e. The van der Waals surface area contributed by atoms with Gasteiger partial charge in [0.2, 0.25) is 0 Å². The van der Waals surface area contributed by atoms with Crippen molar-refractivity contribution in [3.63, 3.8) is 0 Å². The molecule has 0 spiro atoms. The minimum absolute atomic E-state index is 0.283. The van der Waals surface area contributed by atoms with Crippen molar-refractivity contribution < 1.29 is 0 Å². The molecule has 0 aliphatic carbocycles. The highest BCUT2D eigenvalue weighted by atomic mass is 79.9. The molecular weight excluding hydrogens is 325 g/mol. The summed E-state index contributed by atoms with van der Waals surface area (Å²) in [5.74, 6) is 0. The van der Waals surface area contributed by atoms with Gasteiger partial charge in [-0.2, -0.15) is 0 Å². The van der Waals surface area contributed by atoms with Crippen molar-refractivity contribution in [3.05, 3.63) is 44.6 Å². The van der Waals surface area contributed by atoms with Crippen LogP contribution in [0.4, 0.5) is 11.4 Å². The van der Waals surface area contributed by atoms with Crippen LogP contribution in [0.3, 0.4) is 0 Å². The summed E-state index contributed by atoms with van der Waals surface area (Å²) in [6.45, 7) is 2.02. The van der Waals surface area contributed by atoms with E-state index >= 15 is 0 Å². The van der Waals surface area contributed by atoms with Crippen LogP contribution in [0.15, 0.2) is 28.7 Å². The number of aryl methyl sites for hydroxylation is 1. The number of halogens is 3. The van der Waals surface area contributed by atoms with Gasteiger partial charge in [-0.3, -0.25) is 0 Å². The summed E-state index contributed by atoms with van der Waals surface area (Å²) in [5.41, 5.74) is 2.68. The molecule has 6 heteroatoms. The number of hydrogen-bond donors (Lipinski definition) is 1. The molecule has 0 fully saturated rings. The van der Waals surface area contributed by atoms with E-state index in [4.69, 9.17) is 23.2 Å². The van der Waals surface area contributed by atoms with Gasteiger partial charge in [0.1, 0.15) is 0 Å². The van der Waals surface area contributed by atoms with Crippen molar-refractivity contribution in [1.82, 2.24) is 10.2 Å². The molecule has 0 radical (unpaired) electrons. The number of hydrogen-bond acceptors (Lipinski definition) is 3. The first kappa shape index (κ1) is 12.6. The molecule has 1 heterocycles. The predicted octanol–water partition coefficient (Wildman–Crippen LogP) is 4.60. The number of nitrogens with zero attached hydrogens (tertiary/aromatic N) is 2. The van der Waals surface area contributed by atoms with E-state index in [1.54, 1.807) is 6.07 Å². The van der Waals surface area contributed by atoms with Crippen LogP contribution in [-0.4, -0.2) is 10.2 Å². The summed E-state index contributed by atoms with van der Waals surface area (Å²) in [7, 11) is 0. The van der Waals surface area contributed by atoms with Gasteiger partial charge in [0.05, 0.1) is 5.69 Å². The van der Waals surface area contributed by atoms with Crippen molar-refractivity contribution >= 4 is 50.5 Å². The third-order valence-corrected chi connectivity index (χ3v) is 3.49. The van der Waals surface area contributed by atoms with Gasteiger partial charge < -0.3 is 5.32 Å². The lowest BCUT2D eigenvalue weighted by atomic mass is 10.2. The Morgan fingerprint density at radius 3 is 2.65 bits per heavy atom. The Hall–Kier alpha value is -0.840. The normalized spacial score (nSPS) is 10.4. The van der Waals surface area contributed by atoms with E-state index in [-0.39, 0.29) is 5.15 Å². The Kier molecular flexibility index (Phi) is 3.86. The second-order valence-electron chi connectivity index (χ2n) is 3.46. The van der Waals surface area contributed by atoms with E-state index in [9.17, 15) is 0 Å². The van der Waals surface area contributed by atoms with Crippen molar-refractivity contribution in [2.75, 3.05) is 5.32 Å². The van der Waals surface area contributed by atoms with Gasteiger partial charge in [-0.15, -0.1) is 10.2 Å². The van der Waals surface area contributed by atoms with Crippen molar-refractivity contribution in [3.8, 4) is 0 Å². The van der Waals surface area contributed by atoms with E-state index in [2.05, 4.69) is 31.4 Å². The maximum absolute atomic E-state index is 5.91. The quantitative estimate of drug-likeness (QED) is 0.873. The molecule has 17 heavy (non-hydrogen) atoms. The molecule has 88 valence electrons. The number of anilines is 2. The van der Waals surface area contributed by atoms with E-state index in [1.165, 1.54) is 0 Å². The Morgan fingerprint density at radius 1 is 1.18 bits per heavy atom. The molecule has 0 atom stereocenters. The molecule has 2 aromatic rings. The standard InChI is InChI=1S/C11H8BrCl2N3/c1-6-2-3-7(4-8(6)12)15-9-5-10(13)16-17-11(9)14/h2-5H,1H3,(H,15,16). The molecule has 0 bridgehead atoms. The fourth-order valence-corrected chi connectivity index (χ4v) is 1.93. The largest absolute Gasteiger partial charge is 0.353 e. The van der Waals surface area contributed by atoms with Crippen LogP contribution in [0.1, 0.15) is 5.56 Å². The first-order valence-electron chi connectivity index (χ1n) is 4.78. The molecular formula is C11H8BrCl2N3. The molecule has 1 N–H and O–H groups in total. The molecule has 0 amide bonds. The average Bonchev–Trinajstić information content (AvgIpc) is 2.29. The van der Waals surface area contributed by atoms with Crippen LogP contribution in [0, 0.1) is 6.92 Å². The van der Waals surface area contributed by atoms with Crippen molar-refractivity contribution in [1.29, 1.82) is 0 Å². The predicted molar refractivity (Wildman–Crippen MR) is 74.2 cm³/mol. The molecule has 1 aromatic heterocycles. The Labute approximate surface area is 117 Å². The highest BCUT2D eigenvalue weighted by Crippen LogP contribution is 2.27. The summed E-state index contributed by atoms with van der Waals surface area (Å²) in [5, 5.41) is 11.1. The fourth-order valence-electron chi connectivity index (χ4n) is 1.27. The van der Waals surface area contributed by atoms with E-state index < -0.39 is 0 Å². The lowest BCUT2D eigenvalue weighted by Gasteiger charge is -2.08. The van der Waals surface area contributed by atoms with Crippen LogP contribution in [-0.2, 0) is 0 Å². The smallest absolute Gasteiger partial charge is 0.175 e. The van der Waals surface area contributed by atoms with Gasteiger partial charge in [0, 0.05) is 16.2 Å². The van der Waals surface area contributed by atoms with Crippen LogP contribution in [0.25, 0.3) is 0 Å². The Bertz CT molecular complexity index is 560. The highest BCUT2D eigenvalue weighted by molar-refractivity contribution is 9.10. The topological polar surface area (TPSA) is 37.8 Å². The fraction of sp³-hybridized carbons (Fsp3) is 0.0909. The van der Waals surface area contributed by atoms with Crippen LogP contribution >= 0.6 is 39.1 Å². The third-order valence-electron chi connectivity index (χ3n) is 2.17. The SMILES string of the molecule is Cc1ccc(Nc2cc(Cl)nnc2Cl)cc1Br. The van der Waals surface area contributed by atoms with E-state index in [1.807, 2.05) is 25.1 Å². The second-order valence-corrected chi connectivity index (χ2v) is 5.06. The third kappa shape index (κ3) is 3.09. The van der Waals surface area contributed by atoms with Crippen LogP contribution < -0.4 is 5.32 Å². The molecule has 0 aliphatic rings. The zero-order valence-corrected chi connectivity index (χ0v) is 11.9. The Morgan fingerprint density at radius 2 is 1.94 bits per heavy atom. The zero-order chi connectivity index (χ0) is 12.4. The average molecular weight is 333 g/mol. The summed E-state index contributed by atoms with van der Waals surface area (Å²) in [6, 6.07) is 7.53. The number of benzene rings is 1. The number of nitrogens with one attached hydrogen (secondary N) is 1. The van der Waals surface area contributed by atoms with Crippen molar-refractivity contribution in [2.24, 2.45) is 0 Å². The van der Waals surface area contributed by atoms with Crippen LogP contribution in [0.2, 0.25) is 10.3 Å². The van der Waals surface area contributed by atoms with Crippen molar-refractivity contribution in [2.45, 2.75) is 6.92 Å². The molecule has 1 aromatic carbocycles. The van der Waals surface area contributed by atoms with E-state index in [0.29, 0.717) is 10.8 Å². The molecule has 0 aliphatic heterocycles. The van der Waals surface area contributed by atoms with Gasteiger partial charge in [-0.1, -0.05) is 45.2 Å². The van der Waals surface area contributed by atoms with Crippen LogP contribution in [0.5, 0.6) is 0 Å². The monoisotopic (exact) mass is 331 g/mol. The maximum atomic E-state index is 5.91. The molecule has 3 nitrogen and oxygen atoms in total. The Balaban J connectivity index is 2.31. The molecule has 0 saturated carbocycles. The molecule has 2 rings (SSSR count). The van der Waals surface area contributed by atoms with Gasteiger partial charge in [-0.25, -0.2) is 0 Å². The summed E-state index contributed by atoms with van der Waals surface area (Å²) in [6.07, 6.45) is 0. The minimum atomic E-state index is 0.283. The summed E-state index contributed by atoms with van der Waals surface area (Å²) in [4.78, 5) is 0. The van der Waals surface area contributed by atoms with Gasteiger partial charge in [0.25, 0.3) is 0 Å². The van der Waals surface area contributed by atoms with Gasteiger partial charge in [0.15, 0.2) is 10.3 Å². The lowest BCUT2D eigenvalue weighted by molar-refractivity contribution is 1.03. The number of rotatable bonds is 2. The second kappa shape index (κ2) is 5.21. The highest BCUT2D eigenvalue weighted by Gasteiger charge is 2.05. The van der Waals surface area contributed by atoms with E-state index in [0.717, 1.165) is 15.7 Å². The molecule has 0 unspecified atom stereocenters. The summed E-state index contributed by atoms with van der Waals surface area (Å²) < 4.78 is 1.02. The summed E-state index contributed by atoms with van der Waals surface area (Å²) >= 11 is 15.1.